The van der Waals surface area contributed by atoms with Crippen molar-refractivity contribution < 1.29 is 13.9 Å². The monoisotopic (exact) mass is 267 g/mol. The summed E-state index contributed by atoms with van der Waals surface area (Å²) < 4.78 is 18.7. The van der Waals surface area contributed by atoms with Crippen molar-refractivity contribution >= 4 is 5.91 Å². The van der Waals surface area contributed by atoms with E-state index in [0.29, 0.717) is 18.6 Å². The summed E-state index contributed by atoms with van der Waals surface area (Å²) in [5, 5.41) is 0. The molecule has 0 radical (unpaired) electrons. The van der Waals surface area contributed by atoms with E-state index in [4.69, 9.17) is 4.74 Å². The molecule has 4 heteroatoms. The maximum atomic E-state index is 13.7. The smallest absolute Gasteiger partial charge is 0.225 e. The molecule has 1 rings (SSSR count). The molecule has 2 atom stereocenters. The Morgan fingerprint density at radius 1 is 1.37 bits per heavy atom. The van der Waals surface area contributed by atoms with Crippen molar-refractivity contribution in [2.75, 3.05) is 20.8 Å². The number of hydrogen-bond acceptors (Lipinski definition) is 2. The van der Waals surface area contributed by atoms with Gasteiger partial charge in [0, 0.05) is 32.2 Å². The topological polar surface area (TPSA) is 29.5 Å². The number of carbonyl (C=O) groups excluding carboxylic acids is 1. The van der Waals surface area contributed by atoms with Gasteiger partial charge in [-0.3, -0.25) is 4.79 Å². The zero-order chi connectivity index (χ0) is 14.4. The van der Waals surface area contributed by atoms with Crippen molar-refractivity contribution in [3.8, 4) is 0 Å². The predicted molar refractivity (Wildman–Crippen MR) is 73.2 cm³/mol. The van der Waals surface area contributed by atoms with E-state index in [9.17, 15) is 9.18 Å². The number of methoxy groups -OCH3 is 1. The minimum atomic E-state index is -0.279. The summed E-state index contributed by atoms with van der Waals surface area (Å²) in [5.74, 6) is -0.397. The van der Waals surface area contributed by atoms with Gasteiger partial charge in [-0.1, -0.05) is 25.1 Å². The van der Waals surface area contributed by atoms with Gasteiger partial charge < -0.3 is 9.64 Å². The Bertz CT molecular complexity index is 422. The van der Waals surface area contributed by atoms with Crippen LogP contribution in [0.2, 0.25) is 0 Å². The lowest BCUT2D eigenvalue weighted by atomic mass is 10.0. The second-order valence-corrected chi connectivity index (χ2v) is 4.83. The van der Waals surface area contributed by atoms with Crippen LogP contribution in [-0.2, 0) is 9.53 Å². The number of rotatable bonds is 6. The van der Waals surface area contributed by atoms with Crippen molar-refractivity contribution in [2.45, 2.75) is 26.3 Å². The number of carbonyl (C=O) groups is 1. The van der Waals surface area contributed by atoms with Crippen molar-refractivity contribution in [2.24, 2.45) is 5.92 Å². The van der Waals surface area contributed by atoms with Gasteiger partial charge in [-0.25, -0.2) is 4.39 Å². The van der Waals surface area contributed by atoms with Gasteiger partial charge in [0.15, 0.2) is 0 Å². The average molecular weight is 267 g/mol. The van der Waals surface area contributed by atoms with Crippen LogP contribution >= 0.6 is 0 Å². The van der Waals surface area contributed by atoms with Gasteiger partial charge in [-0.15, -0.1) is 0 Å². The number of amides is 1. The first-order valence-electron chi connectivity index (χ1n) is 6.49. The SMILES string of the molecule is COCCC(C)C(=O)N(C)C(C)c1ccccc1F. The van der Waals surface area contributed by atoms with Gasteiger partial charge in [-0.2, -0.15) is 0 Å². The first-order chi connectivity index (χ1) is 8.99. The Balaban J connectivity index is 2.74. The fraction of sp³-hybridized carbons (Fsp3) is 0.533. The second kappa shape index (κ2) is 7.24. The minimum Gasteiger partial charge on any atom is -0.385 e. The number of benzene rings is 1. The predicted octanol–water partition coefficient (Wildman–Crippen LogP) is 3.02. The molecule has 0 saturated heterocycles. The van der Waals surface area contributed by atoms with E-state index >= 15 is 0 Å². The highest BCUT2D eigenvalue weighted by atomic mass is 19.1. The van der Waals surface area contributed by atoms with Crippen molar-refractivity contribution in [1.29, 1.82) is 0 Å². The summed E-state index contributed by atoms with van der Waals surface area (Å²) in [6.07, 6.45) is 0.670. The summed E-state index contributed by atoms with van der Waals surface area (Å²) in [7, 11) is 3.33. The Hall–Kier alpha value is -1.42. The Labute approximate surface area is 114 Å². The lowest BCUT2D eigenvalue weighted by Crippen LogP contribution is -2.34. The molecular weight excluding hydrogens is 245 g/mol. The maximum absolute atomic E-state index is 13.7. The zero-order valence-electron chi connectivity index (χ0n) is 12.0. The van der Waals surface area contributed by atoms with Crippen LogP contribution in [0.25, 0.3) is 0 Å². The largest absolute Gasteiger partial charge is 0.385 e. The Morgan fingerprint density at radius 2 is 2.00 bits per heavy atom. The van der Waals surface area contributed by atoms with Crippen LogP contribution in [0.15, 0.2) is 24.3 Å². The van der Waals surface area contributed by atoms with Gasteiger partial charge >= 0.3 is 0 Å². The van der Waals surface area contributed by atoms with E-state index in [1.807, 2.05) is 13.8 Å². The lowest BCUT2D eigenvalue weighted by Gasteiger charge is -2.28. The van der Waals surface area contributed by atoms with E-state index in [0.717, 1.165) is 0 Å². The van der Waals surface area contributed by atoms with Gasteiger partial charge in [0.25, 0.3) is 0 Å². The third-order valence-corrected chi connectivity index (χ3v) is 3.46. The molecule has 0 aliphatic rings. The van der Waals surface area contributed by atoms with Crippen LogP contribution in [0.4, 0.5) is 4.39 Å². The first kappa shape index (κ1) is 15.6. The summed E-state index contributed by atoms with van der Waals surface area (Å²) in [5.41, 5.74) is 0.539. The van der Waals surface area contributed by atoms with Crippen molar-refractivity contribution in [1.82, 2.24) is 4.90 Å². The minimum absolute atomic E-state index is 0.00723. The standard InChI is InChI=1S/C15H22FNO2/c1-11(9-10-19-4)15(18)17(3)12(2)13-7-5-6-8-14(13)16/h5-8,11-12H,9-10H2,1-4H3. The van der Waals surface area contributed by atoms with E-state index in [2.05, 4.69) is 0 Å². The molecule has 0 heterocycles. The third-order valence-electron chi connectivity index (χ3n) is 3.46. The highest BCUT2D eigenvalue weighted by molar-refractivity contribution is 5.78. The van der Waals surface area contributed by atoms with Crippen LogP contribution in [0.5, 0.6) is 0 Å². The van der Waals surface area contributed by atoms with Crippen LogP contribution in [0, 0.1) is 11.7 Å². The molecule has 19 heavy (non-hydrogen) atoms. The molecule has 0 spiro atoms. The normalized spacial score (nSPS) is 13.9. The fourth-order valence-corrected chi connectivity index (χ4v) is 1.98. The summed E-state index contributed by atoms with van der Waals surface area (Å²) in [6, 6.07) is 6.27. The highest BCUT2D eigenvalue weighted by Crippen LogP contribution is 2.23. The van der Waals surface area contributed by atoms with E-state index in [-0.39, 0.29) is 23.7 Å². The lowest BCUT2D eigenvalue weighted by molar-refractivity contribution is -0.136. The number of nitrogens with zero attached hydrogens (tertiary/aromatic N) is 1. The molecular formula is C15H22FNO2. The second-order valence-electron chi connectivity index (χ2n) is 4.83. The molecule has 3 nitrogen and oxygen atoms in total. The molecule has 106 valence electrons. The summed E-state index contributed by atoms with van der Waals surface area (Å²) in [6.45, 7) is 4.25. The molecule has 0 aliphatic heterocycles. The van der Waals surface area contributed by atoms with E-state index < -0.39 is 0 Å². The van der Waals surface area contributed by atoms with Crippen LogP contribution in [0.1, 0.15) is 31.9 Å². The summed E-state index contributed by atoms with van der Waals surface area (Å²) >= 11 is 0. The molecule has 0 aliphatic carbocycles. The average Bonchev–Trinajstić information content (AvgIpc) is 2.42. The maximum Gasteiger partial charge on any atom is 0.225 e. The van der Waals surface area contributed by atoms with Gasteiger partial charge in [0.05, 0.1) is 6.04 Å². The summed E-state index contributed by atoms with van der Waals surface area (Å²) in [4.78, 5) is 13.8. The molecule has 2 unspecified atom stereocenters. The molecule has 0 N–H and O–H groups in total. The Kier molecular flexibility index (Phi) is 5.96. The zero-order valence-corrected chi connectivity index (χ0v) is 12.0. The molecule has 0 aromatic heterocycles. The van der Waals surface area contributed by atoms with Crippen LogP contribution in [0.3, 0.4) is 0 Å². The van der Waals surface area contributed by atoms with Gasteiger partial charge in [0.1, 0.15) is 5.82 Å². The van der Waals surface area contributed by atoms with Crippen LogP contribution in [-0.4, -0.2) is 31.6 Å². The highest BCUT2D eigenvalue weighted by Gasteiger charge is 2.23. The molecule has 0 fully saturated rings. The third kappa shape index (κ3) is 4.03. The number of halogens is 1. The molecule has 1 aromatic carbocycles. The molecule has 0 saturated carbocycles. The van der Waals surface area contributed by atoms with Crippen molar-refractivity contribution in [3.63, 3.8) is 0 Å². The van der Waals surface area contributed by atoms with Gasteiger partial charge in [-0.05, 0) is 19.4 Å². The fourth-order valence-electron chi connectivity index (χ4n) is 1.98. The number of ether oxygens (including phenoxy) is 1. The quantitative estimate of drug-likeness (QED) is 0.793. The number of hydrogen-bond donors (Lipinski definition) is 0. The van der Waals surface area contributed by atoms with Crippen molar-refractivity contribution in [3.05, 3.63) is 35.6 Å². The molecule has 0 bridgehead atoms. The molecule has 1 amide bonds. The van der Waals surface area contributed by atoms with Gasteiger partial charge in [0.2, 0.25) is 5.91 Å². The van der Waals surface area contributed by atoms with Crippen LogP contribution < -0.4 is 0 Å². The Morgan fingerprint density at radius 3 is 2.58 bits per heavy atom. The molecule has 1 aromatic rings. The van der Waals surface area contributed by atoms with E-state index in [1.165, 1.54) is 6.07 Å². The first-order valence-corrected chi connectivity index (χ1v) is 6.49. The van der Waals surface area contributed by atoms with E-state index in [1.54, 1.807) is 37.3 Å².